The number of halogens is 1. The van der Waals surface area contributed by atoms with Crippen molar-refractivity contribution in [3.05, 3.63) is 41.8 Å². The molecule has 2 rings (SSSR count). The van der Waals surface area contributed by atoms with Crippen LogP contribution in [0.15, 0.2) is 35.5 Å². The molecule has 0 saturated heterocycles. The smallest absolute Gasteiger partial charge is 0.189 e. The largest absolute Gasteiger partial charge is 0.493 e. The lowest BCUT2D eigenvalue weighted by Gasteiger charge is -2.06. The van der Waals surface area contributed by atoms with Crippen LogP contribution in [0.1, 0.15) is 5.69 Å². The van der Waals surface area contributed by atoms with E-state index in [0.29, 0.717) is 29.1 Å². The Hall–Kier alpha value is -1.82. The summed E-state index contributed by atoms with van der Waals surface area (Å²) in [5, 5.41) is 0.639. The number of nitrogens with zero attached hydrogens (tertiary/aromatic N) is 2. The number of benzene rings is 1. The molecule has 0 radical (unpaired) electrons. The molecule has 1 heterocycles. The van der Waals surface area contributed by atoms with Crippen LogP contribution in [0.2, 0.25) is 0 Å². The number of thioether (sulfide) groups is 1. The second-order valence-corrected chi connectivity index (χ2v) is 4.93. The Balaban J connectivity index is 1.79. The minimum absolute atomic E-state index is 0.273. The molecule has 0 saturated carbocycles. The Morgan fingerprint density at radius 1 is 1.26 bits per heavy atom. The molecule has 0 amide bonds. The molecule has 0 bridgehead atoms. The first kappa shape index (κ1) is 13.6. The number of aromatic nitrogens is 2. The average molecular weight is 279 g/mol. The molecule has 19 heavy (non-hydrogen) atoms. The summed E-state index contributed by atoms with van der Waals surface area (Å²) in [5.41, 5.74) is 6.48. The Bertz CT molecular complexity index is 528. The van der Waals surface area contributed by atoms with E-state index in [-0.39, 0.29) is 5.82 Å². The van der Waals surface area contributed by atoms with Crippen LogP contribution in [0.25, 0.3) is 0 Å². The van der Waals surface area contributed by atoms with Crippen molar-refractivity contribution in [2.24, 2.45) is 0 Å². The lowest BCUT2D eigenvalue weighted by Crippen LogP contribution is -2.02. The Morgan fingerprint density at radius 3 is 2.68 bits per heavy atom. The SMILES string of the molecule is Cc1cc(N)nc(SCCOc2ccc(F)cc2)n1. The molecule has 0 spiro atoms. The molecule has 1 aromatic carbocycles. The van der Waals surface area contributed by atoms with Gasteiger partial charge in [-0.15, -0.1) is 0 Å². The molecule has 4 nitrogen and oxygen atoms in total. The van der Waals surface area contributed by atoms with Gasteiger partial charge in [-0.05, 0) is 31.2 Å². The summed E-state index contributed by atoms with van der Waals surface area (Å²) >= 11 is 1.47. The van der Waals surface area contributed by atoms with Gasteiger partial charge in [0.2, 0.25) is 0 Å². The maximum Gasteiger partial charge on any atom is 0.189 e. The zero-order chi connectivity index (χ0) is 13.7. The van der Waals surface area contributed by atoms with Crippen LogP contribution < -0.4 is 10.5 Å². The van der Waals surface area contributed by atoms with E-state index < -0.39 is 0 Å². The van der Waals surface area contributed by atoms with E-state index >= 15 is 0 Å². The van der Waals surface area contributed by atoms with E-state index in [9.17, 15) is 4.39 Å². The van der Waals surface area contributed by atoms with Gasteiger partial charge in [0.15, 0.2) is 5.16 Å². The maximum atomic E-state index is 12.7. The van der Waals surface area contributed by atoms with E-state index in [1.165, 1.54) is 23.9 Å². The molecule has 0 aliphatic heterocycles. The Morgan fingerprint density at radius 2 is 2.00 bits per heavy atom. The second-order valence-electron chi connectivity index (χ2n) is 3.87. The number of ether oxygens (including phenoxy) is 1. The number of nitrogens with two attached hydrogens (primary N) is 1. The van der Waals surface area contributed by atoms with Crippen LogP contribution in [0.4, 0.5) is 10.2 Å². The van der Waals surface area contributed by atoms with Crippen molar-refractivity contribution < 1.29 is 9.13 Å². The summed E-state index contributed by atoms with van der Waals surface area (Å²) in [6, 6.07) is 7.65. The molecule has 0 aliphatic carbocycles. The fraction of sp³-hybridized carbons (Fsp3) is 0.231. The number of anilines is 1. The number of hydrogen-bond acceptors (Lipinski definition) is 5. The molecule has 0 fully saturated rings. The van der Waals surface area contributed by atoms with Crippen LogP contribution in [-0.2, 0) is 0 Å². The van der Waals surface area contributed by atoms with Gasteiger partial charge < -0.3 is 10.5 Å². The van der Waals surface area contributed by atoms with Crippen molar-refractivity contribution in [2.45, 2.75) is 12.1 Å². The molecule has 2 aromatic rings. The highest BCUT2D eigenvalue weighted by Crippen LogP contribution is 2.16. The average Bonchev–Trinajstić information content (AvgIpc) is 2.36. The highest BCUT2D eigenvalue weighted by Gasteiger charge is 2.01. The van der Waals surface area contributed by atoms with E-state index in [4.69, 9.17) is 10.5 Å². The van der Waals surface area contributed by atoms with Gasteiger partial charge in [0.05, 0.1) is 6.61 Å². The van der Waals surface area contributed by atoms with Gasteiger partial charge in [0, 0.05) is 17.5 Å². The second kappa shape index (κ2) is 6.38. The highest BCUT2D eigenvalue weighted by molar-refractivity contribution is 7.99. The third-order valence-corrected chi connectivity index (χ3v) is 3.06. The van der Waals surface area contributed by atoms with Crippen molar-refractivity contribution in [1.82, 2.24) is 9.97 Å². The van der Waals surface area contributed by atoms with Gasteiger partial charge in [-0.1, -0.05) is 11.8 Å². The Labute approximate surface area is 115 Å². The molecule has 6 heteroatoms. The van der Waals surface area contributed by atoms with Crippen LogP contribution >= 0.6 is 11.8 Å². The third kappa shape index (κ3) is 4.40. The summed E-state index contributed by atoms with van der Waals surface area (Å²) in [6.07, 6.45) is 0. The summed E-state index contributed by atoms with van der Waals surface area (Å²) in [4.78, 5) is 8.37. The Kier molecular flexibility index (Phi) is 4.57. The quantitative estimate of drug-likeness (QED) is 0.518. The van der Waals surface area contributed by atoms with Gasteiger partial charge in [-0.25, -0.2) is 14.4 Å². The zero-order valence-corrected chi connectivity index (χ0v) is 11.3. The fourth-order valence-corrected chi connectivity index (χ4v) is 2.18. The number of nitrogen functional groups attached to an aromatic ring is 1. The lowest BCUT2D eigenvalue weighted by atomic mass is 10.3. The van der Waals surface area contributed by atoms with Crippen molar-refractivity contribution in [1.29, 1.82) is 0 Å². The van der Waals surface area contributed by atoms with E-state index in [0.717, 1.165) is 5.69 Å². The van der Waals surface area contributed by atoms with Gasteiger partial charge >= 0.3 is 0 Å². The van der Waals surface area contributed by atoms with Crippen LogP contribution in [0, 0.1) is 12.7 Å². The fourth-order valence-electron chi connectivity index (χ4n) is 1.45. The molecule has 0 unspecified atom stereocenters. The molecule has 0 atom stereocenters. The summed E-state index contributed by atoms with van der Waals surface area (Å²) < 4.78 is 18.2. The van der Waals surface area contributed by atoms with Crippen LogP contribution in [0.5, 0.6) is 5.75 Å². The predicted octanol–water partition coefficient (Wildman–Crippen LogP) is 2.68. The molecule has 0 aliphatic rings. The topological polar surface area (TPSA) is 61.0 Å². The van der Waals surface area contributed by atoms with E-state index in [1.54, 1.807) is 18.2 Å². The first-order chi connectivity index (χ1) is 9.13. The first-order valence-electron chi connectivity index (χ1n) is 5.76. The van der Waals surface area contributed by atoms with Crippen LogP contribution in [0.3, 0.4) is 0 Å². The van der Waals surface area contributed by atoms with E-state index in [2.05, 4.69) is 9.97 Å². The minimum Gasteiger partial charge on any atom is -0.493 e. The highest BCUT2D eigenvalue weighted by atomic mass is 32.2. The number of hydrogen-bond donors (Lipinski definition) is 1. The number of rotatable bonds is 5. The zero-order valence-electron chi connectivity index (χ0n) is 10.5. The first-order valence-corrected chi connectivity index (χ1v) is 6.74. The van der Waals surface area contributed by atoms with Crippen molar-refractivity contribution in [3.8, 4) is 5.75 Å². The normalized spacial score (nSPS) is 10.4. The van der Waals surface area contributed by atoms with E-state index in [1.807, 2.05) is 6.92 Å². The van der Waals surface area contributed by atoms with Crippen molar-refractivity contribution in [2.75, 3.05) is 18.1 Å². The van der Waals surface area contributed by atoms with Gasteiger partial charge in [-0.2, -0.15) is 0 Å². The monoisotopic (exact) mass is 279 g/mol. The summed E-state index contributed by atoms with van der Waals surface area (Å²) in [6.45, 7) is 2.37. The predicted molar refractivity (Wildman–Crippen MR) is 73.8 cm³/mol. The summed E-state index contributed by atoms with van der Waals surface area (Å²) in [7, 11) is 0. The van der Waals surface area contributed by atoms with Crippen LogP contribution in [-0.4, -0.2) is 22.3 Å². The van der Waals surface area contributed by atoms with Crippen molar-refractivity contribution >= 4 is 17.6 Å². The van der Waals surface area contributed by atoms with Gasteiger partial charge in [0.25, 0.3) is 0 Å². The van der Waals surface area contributed by atoms with Gasteiger partial charge in [-0.3, -0.25) is 0 Å². The molecular formula is C13H14FN3OS. The van der Waals surface area contributed by atoms with Crippen molar-refractivity contribution in [3.63, 3.8) is 0 Å². The maximum absolute atomic E-state index is 12.7. The minimum atomic E-state index is -0.273. The molecular weight excluding hydrogens is 265 g/mol. The molecule has 2 N–H and O–H groups in total. The lowest BCUT2D eigenvalue weighted by molar-refractivity contribution is 0.343. The molecule has 1 aromatic heterocycles. The molecule has 100 valence electrons. The summed E-state index contributed by atoms with van der Waals surface area (Å²) in [5.74, 6) is 1.53. The van der Waals surface area contributed by atoms with Gasteiger partial charge in [0.1, 0.15) is 17.4 Å². The number of aryl methyl sites for hydroxylation is 1. The third-order valence-electron chi connectivity index (χ3n) is 2.25. The standard InChI is InChI=1S/C13H14FN3OS/c1-9-8-12(15)17-13(16-9)19-7-6-18-11-4-2-10(14)3-5-11/h2-5,8H,6-7H2,1H3,(H2,15,16,17).